The molecular weight excluding hydrogens is 401 g/mol. The molecule has 28 heavy (non-hydrogen) atoms. The fraction of sp³-hybridized carbons (Fsp3) is 0.176. The lowest BCUT2D eigenvalue weighted by Gasteiger charge is -2.28. The number of imidazole rings is 1. The van der Waals surface area contributed by atoms with Crippen molar-refractivity contribution in [1.29, 1.82) is 0 Å². The van der Waals surface area contributed by atoms with Crippen LogP contribution in [-0.2, 0) is 21.8 Å². The van der Waals surface area contributed by atoms with Crippen LogP contribution in [0, 0.1) is 17.5 Å². The van der Waals surface area contributed by atoms with Gasteiger partial charge in [-0.1, -0.05) is 17.7 Å². The zero-order valence-electron chi connectivity index (χ0n) is 14.2. The van der Waals surface area contributed by atoms with E-state index in [1.165, 1.54) is 19.2 Å². The number of fused-ring (bicyclic) bond motifs is 1. The molecule has 1 aromatic heterocycles. The molecule has 4 rings (SSSR count). The molecule has 0 bridgehead atoms. The van der Waals surface area contributed by atoms with Crippen molar-refractivity contribution < 1.29 is 27.5 Å². The number of hydrogen-bond acceptors (Lipinski definition) is 5. The molecule has 0 radical (unpaired) electrons. The highest BCUT2D eigenvalue weighted by Crippen LogP contribution is 2.37. The molecule has 3 N–H and O–H groups in total. The van der Waals surface area contributed by atoms with Gasteiger partial charge in [-0.2, -0.15) is 0 Å². The Morgan fingerprint density at radius 2 is 2.04 bits per heavy atom. The molecular formula is C17H12ClF3N4O3. The Morgan fingerprint density at radius 3 is 2.68 bits per heavy atom. The van der Waals surface area contributed by atoms with Crippen LogP contribution < -0.4 is 10.8 Å². The number of carbonyl (C=O) groups is 1. The van der Waals surface area contributed by atoms with Gasteiger partial charge in [0.2, 0.25) is 0 Å². The van der Waals surface area contributed by atoms with Crippen molar-refractivity contribution in [2.24, 2.45) is 0 Å². The summed E-state index contributed by atoms with van der Waals surface area (Å²) in [6, 6.07) is 4.51. The summed E-state index contributed by atoms with van der Waals surface area (Å²) in [7, 11) is 1.42. The number of H-pyrrole nitrogens is 1. The molecule has 1 aliphatic heterocycles. The number of carbonyl (C=O) groups excluding carboxylic acids is 1. The lowest BCUT2D eigenvalue weighted by molar-refractivity contribution is 0.105. The Morgan fingerprint density at radius 1 is 1.25 bits per heavy atom. The van der Waals surface area contributed by atoms with Gasteiger partial charge in [-0.15, -0.1) is 5.48 Å². The van der Waals surface area contributed by atoms with E-state index in [0.717, 1.165) is 12.1 Å². The van der Waals surface area contributed by atoms with Gasteiger partial charge in [0, 0.05) is 18.2 Å². The van der Waals surface area contributed by atoms with E-state index in [1.54, 1.807) is 0 Å². The molecule has 0 spiro atoms. The van der Waals surface area contributed by atoms with E-state index < -0.39 is 29.2 Å². The number of aromatic nitrogens is 2. The first-order valence-electron chi connectivity index (χ1n) is 7.93. The number of halogens is 4. The van der Waals surface area contributed by atoms with E-state index in [0.29, 0.717) is 0 Å². The number of nitrogens with one attached hydrogen (secondary N) is 3. The number of amides is 1. The topological polar surface area (TPSA) is 88.3 Å². The molecule has 1 fully saturated rings. The van der Waals surface area contributed by atoms with Gasteiger partial charge in [-0.25, -0.2) is 22.9 Å². The summed E-state index contributed by atoms with van der Waals surface area (Å²) < 4.78 is 47.3. The number of nitrogens with zero attached hydrogens (tertiary/aromatic N) is 1. The second-order valence-electron chi connectivity index (χ2n) is 6.06. The molecule has 2 aromatic carbocycles. The van der Waals surface area contributed by atoms with E-state index in [2.05, 4.69) is 20.8 Å². The number of hydroxylamine groups is 1. The Kier molecular flexibility index (Phi) is 4.41. The third kappa shape index (κ3) is 2.77. The molecule has 11 heteroatoms. The SMILES string of the molecule is COCc1nc2c(F)c(F)cc(C3(c4ccc(F)c(Cl)c4)NOC(=O)N3)c2[nH]1. The minimum absolute atomic E-state index is 0.0147. The van der Waals surface area contributed by atoms with Crippen LogP contribution in [-0.4, -0.2) is 23.2 Å². The van der Waals surface area contributed by atoms with Crippen LogP contribution in [0.15, 0.2) is 24.3 Å². The van der Waals surface area contributed by atoms with Gasteiger partial charge in [0.15, 0.2) is 17.3 Å². The predicted octanol–water partition coefficient (Wildman–Crippen LogP) is 3.23. The summed E-state index contributed by atoms with van der Waals surface area (Å²) in [4.78, 5) is 23.5. The van der Waals surface area contributed by atoms with Crippen LogP contribution in [0.2, 0.25) is 5.02 Å². The van der Waals surface area contributed by atoms with Crippen molar-refractivity contribution in [2.75, 3.05) is 7.11 Å². The van der Waals surface area contributed by atoms with Gasteiger partial charge >= 0.3 is 6.09 Å². The molecule has 0 aliphatic carbocycles. The zero-order valence-corrected chi connectivity index (χ0v) is 15.0. The van der Waals surface area contributed by atoms with Gasteiger partial charge in [-0.3, -0.25) is 5.32 Å². The van der Waals surface area contributed by atoms with Gasteiger partial charge < -0.3 is 14.6 Å². The quantitative estimate of drug-likeness (QED) is 0.612. The minimum Gasteiger partial charge on any atom is -0.377 e. The van der Waals surface area contributed by atoms with Crippen molar-refractivity contribution in [3.63, 3.8) is 0 Å². The van der Waals surface area contributed by atoms with E-state index in [9.17, 15) is 18.0 Å². The molecule has 1 amide bonds. The summed E-state index contributed by atoms with van der Waals surface area (Å²) in [6.07, 6.45) is -0.880. The molecule has 3 aromatic rings. The maximum absolute atomic E-state index is 14.4. The van der Waals surface area contributed by atoms with E-state index in [-0.39, 0.29) is 39.6 Å². The molecule has 7 nitrogen and oxygen atoms in total. The second-order valence-corrected chi connectivity index (χ2v) is 6.46. The van der Waals surface area contributed by atoms with Gasteiger partial charge in [0.05, 0.1) is 10.5 Å². The molecule has 0 saturated carbocycles. The standard InChI is InChI=1S/C17H12ClF3N4O3/c1-27-6-12-22-14-8(5-11(20)13(21)15(14)23-12)17(24-16(26)28-25-17)7-2-3-10(19)9(18)4-7/h2-5,25H,6H2,1H3,(H,22,23)(H,24,26). The molecule has 1 unspecified atom stereocenters. The van der Waals surface area contributed by atoms with Crippen LogP contribution in [0.5, 0.6) is 0 Å². The number of benzene rings is 2. The van der Waals surface area contributed by atoms with Crippen LogP contribution in [0.4, 0.5) is 18.0 Å². The van der Waals surface area contributed by atoms with E-state index in [4.69, 9.17) is 21.2 Å². The van der Waals surface area contributed by atoms with Crippen molar-refractivity contribution in [3.05, 3.63) is 63.7 Å². The Bertz CT molecular complexity index is 1110. The first kappa shape index (κ1) is 18.5. The van der Waals surface area contributed by atoms with Crippen molar-refractivity contribution in [3.8, 4) is 0 Å². The fourth-order valence-electron chi connectivity index (χ4n) is 3.12. The average Bonchev–Trinajstić information content (AvgIpc) is 3.26. The normalized spacial score (nSPS) is 19.1. The van der Waals surface area contributed by atoms with E-state index in [1.807, 2.05) is 0 Å². The summed E-state index contributed by atoms with van der Waals surface area (Å²) in [5.74, 6) is -2.82. The number of aromatic amines is 1. The number of hydrogen-bond donors (Lipinski definition) is 3. The Balaban J connectivity index is 2.02. The highest BCUT2D eigenvalue weighted by molar-refractivity contribution is 6.30. The lowest BCUT2D eigenvalue weighted by Crippen LogP contribution is -2.47. The molecule has 1 atom stereocenters. The lowest BCUT2D eigenvalue weighted by atomic mass is 9.90. The van der Waals surface area contributed by atoms with Gasteiger partial charge in [-0.05, 0) is 18.2 Å². The maximum atomic E-state index is 14.4. The van der Waals surface area contributed by atoms with Crippen LogP contribution in [0.3, 0.4) is 0 Å². The summed E-state index contributed by atoms with van der Waals surface area (Å²) in [5, 5.41) is 2.27. The van der Waals surface area contributed by atoms with Gasteiger partial charge in [0.1, 0.15) is 23.8 Å². The third-order valence-electron chi connectivity index (χ3n) is 4.33. The maximum Gasteiger partial charge on any atom is 0.428 e. The van der Waals surface area contributed by atoms with Crippen molar-refractivity contribution >= 4 is 28.7 Å². The van der Waals surface area contributed by atoms with E-state index >= 15 is 0 Å². The number of rotatable bonds is 4. The Hall–Kier alpha value is -2.82. The number of methoxy groups -OCH3 is 1. The highest BCUT2D eigenvalue weighted by atomic mass is 35.5. The highest BCUT2D eigenvalue weighted by Gasteiger charge is 2.45. The average molecular weight is 413 g/mol. The van der Waals surface area contributed by atoms with Gasteiger partial charge in [0.25, 0.3) is 0 Å². The number of ether oxygens (including phenoxy) is 1. The molecule has 146 valence electrons. The monoisotopic (exact) mass is 412 g/mol. The van der Waals surface area contributed by atoms with Crippen LogP contribution >= 0.6 is 11.6 Å². The molecule has 1 aliphatic rings. The summed E-state index contributed by atoms with van der Waals surface area (Å²) in [6.45, 7) is 0.0147. The second kappa shape index (κ2) is 6.66. The zero-order chi connectivity index (χ0) is 20.1. The summed E-state index contributed by atoms with van der Waals surface area (Å²) in [5.41, 5.74) is 0.849. The summed E-state index contributed by atoms with van der Waals surface area (Å²) >= 11 is 5.87. The van der Waals surface area contributed by atoms with Crippen molar-refractivity contribution in [1.82, 2.24) is 20.8 Å². The fourth-order valence-corrected chi connectivity index (χ4v) is 3.30. The molecule has 2 heterocycles. The Labute approximate surface area is 160 Å². The predicted molar refractivity (Wildman–Crippen MR) is 91.7 cm³/mol. The smallest absolute Gasteiger partial charge is 0.377 e. The first-order valence-corrected chi connectivity index (χ1v) is 8.31. The van der Waals surface area contributed by atoms with Crippen LogP contribution in [0.25, 0.3) is 11.0 Å². The first-order chi connectivity index (χ1) is 13.4. The minimum atomic E-state index is -1.68. The third-order valence-corrected chi connectivity index (χ3v) is 4.62. The molecule has 1 saturated heterocycles. The largest absolute Gasteiger partial charge is 0.428 e. The van der Waals surface area contributed by atoms with Crippen LogP contribution in [0.1, 0.15) is 17.0 Å². The van der Waals surface area contributed by atoms with Crippen molar-refractivity contribution in [2.45, 2.75) is 12.3 Å².